The molecule has 1 saturated heterocycles. The van der Waals surface area contributed by atoms with E-state index in [0.717, 1.165) is 30.1 Å². The van der Waals surface area contributed by atoms with Crippen molar-refractivity contribution in [3.63, 3.8) is 0 Å². The molecule has 0 spiro atoms. The summed E-state index contributed by atoms with van der Waals surface area (Å²) in [5.41, 5.74) is 0. The molecule has 0 unspecified atom stereocenters. The van der Waals surface area contributed by atoms with Crippen molar-refractivity contribution in [3.8, 4) is 0 Å². The fourth-order valence-electron chi connectivity index (χ4n) is 3.21. The van der Waals surface area contributed by atoms with Crippen LogP contribution in [0.5, 0.6) is 0 Å². The Morgan fingerprint density at radius 1 is 1.20 bits per heavy atom. The average Bonchev–Trinajstić information content (AvgIpc) is 3.10. The molecule has 2 atom stereocenters. The number of ether oxygens (including phenoxy) is 1. The number of benzene rings is 1. The molecule has 5 nitrogen and oxygen atoms in total. The Balaban J connectivity index is 1.82. The molecule has 0 radical (unpaired) electrons. The minimum Gasteiger partial charge on any atom is -0.370 e. The average molecular weight is 386 g/mol. The second-order valence-corrected chi connectivity index (χ2v) is 8.82. The van der Waals surface area contributed by atoms with Gasteiger partial charge < -0.3 is 9.64 Å². The van der Waals surface area contributed by atoms with Gasteiger partial charge in [-0.1, -0.05) is 6.07 Å². The molecule has 1 aliphatic heterocycles. The van der Waals surface area contributed by atoms with Crippen molar-refractivity contribution in [1.82, 2.24) is 4.72 Å². The highest BCUT2D eigenvalue weighted by atomic mass is 32.2. The number of rotatable bonds is 6. The summed E-state index contributed by atoms with van der Waals surface area (Å²) in [5.74, 6) is -0.457. The fourth-order valence-corrected chi connectivity index (χ4v) is 5.45. The zero-order chi connectivity index (χ0) is 17.9. The van der Waals surface area contributed by atoms with E-state index >= 15 is 0 Å². The number of quaternary nitrogens is 1. The molecule has 1 fully saturated rings. The Hall–Kier alpha value is -1.32. The van der Waals surface area contributed by atoms with Gasteiger partial charge in [-0.05, 0) is 42.6 Å². The molecule has 0 saturated carbocycles. The first kappa shape index (κ1) is 18.5. The summed E-state index contributed by atoms with van der Waals surface area (Å²) in [6.45, 7) is 4.91. The first-order chi connectivity index (χ1) is 12.0. The number of sulfonamides is 1. The van der Waals surface area contributed by atoms with Crippen LogP contribution in [0.15, 0.2) is 46.7 Å². The molecule has 1 aromatic carbocycles. The maximum Gasteiger partial charge on any atom is 0.241 e. The Morgan fingerprint density at radius 3 is 2.48 bits per heavy atom. The van der Waals surface area contributed by atoms with Crippen molar-refractivity contribution in [2.24, 2.45) is 0 Å². The van der Waals surface area contributed by atoms with E-state index in [9.17, 15) is 12.8 Å². The highest BCUT2D eigenvalue weighted by Gasteiger charge is 2.34. The minimum absolute atomic E-state index is 0.0131. The van der Waals surface area contributed by atoms with Gasteiger partial charge in [0.15, 0.2) is 0 Å². The van der Waals surface area contributed by atoms with E-state index in [2.05, 4.69) is 4.72 Å². The van der Waals surface area contributed by atoms with Crippen LogP contribution in [0, 0.1) is 5.82 Å². The maximum atomic E-state index is 13.1. The summed E-state index contributed by atoms with van der Waals surface area (Å²) in [5, 5.41) is 2.00. The molecule has 1 aliphatic rings. The highest BCUT2D eigenvalue weighted by Crippen LogP contribution is 2.21. The van der Waals surface area contributed by atoms with Gasteiger partial charge in [0.1, 0.15) is 24.9 Å². The van der Waals surface area contributed by atoms with Crippen LogP contribution in [-0.4, -0.2) is 40.8 Å². The van der Waals surface area contributed by atoms with Gasteiger partial charge in [-0.25, -0.2) is 17.5 Å². The minimum atomic E-state index is -3.71. The number of morpholine rings is 1. The SMILES string of the molecule is C[C@H](NS(=O)(=O)c1ccc(F)cc1)[C@H](c1cccs1)[NH+]1CCOCC1. The number of hydrogen-bond acceptors (Lipinski definition) is 4. The third kappa shape index (κ3) is 4.45. The van der Waals surface area contributed by atoms with Crippen molar-refractivity contribution in [2.75, 3.05) is 26.3 Å². The predicted molar refractivity (Wildman–Crippen MR) is 94.8 cm³/mol. The zero-order valence-corrected chi connectivity index (χ0v) is 15.6. The van der Waals surface area contributed by atoms with E-state index in [4.69, 9.17) is 4.74 Å². The molecule has 0 bridgehead atoms. The number of thiophene rings is 1. The predicted octanol–water partition coefficient (Wildman–Crippen LogP) is 1.21. The molecule has 3 rings (SSSR count). The lowest BCUT2D eigenvalue weighted by Crippen LogP contribution is -3.15. The van der Waals surface area contributed by atoms with E-state index in [0.29, 0.717) is 13.2 Å². The maximum absolute atomic E-state index is 13.1. The Morgan fingerprint density at radius 2 is 1.88 bits per heavy atom. The largest absolute Gasteiger partial charge is 0.370 e. The van der Waals surface area contributed by atoms with Crippen LogP contribution in [0.3, 0.4) is 0 Å². The van der Waals surface area contributed by atoms with Crippen LogP contribution in [-0.2, 0) is 14.8 Å². The van der Waals surface area contributed by atoms with Crippen LogP contribution in [0.25, 0.3) is 0 Å². The lowest BCUT2D eigenvalue weighted by atomic mass is 10.1. The van der Waals surface area contributed by atoms with Gasteiger partial charge in [0.05, 0.1) is 29.0 Å². The molecule has 25 heavy (non-hydrogen) atoms. The first-order valence-corrected chi connectivity index (χ1v) is 10.6. The van der Waals surface area contributed by atoms with Gasteiger partial charge in [0.2, 0.25) is 10.0 Å². The molecule has 136 valence electrons. The van der Waals surface area contributed by atoms with Crippen LogP contribution >= 0.6 is 11.3 Å². The van der Waals surface area contributed by atoms with Crippen molar-refractivity contribution in [2.45, 2.75) is 23.9 Å². The van der Waals surface area contributed by atoms with Gasteiger partial charge in [0, 0.05) is 0 Å². The Bertz CT molecular complexity index is 773. The number of nitrogens with one attached hydrogen (secondary N) is 2. The summed E-state index contributed by atoms with van der Waals surface area (Å²) < 4.78 is 46.6. The van der Waals surface area contributed by atoms with Gasteiger partial charge in [-0.3, -0.25) is 0 Å². The van der Waals surface area contributed by atoms with E-state index in [1.165, 1.54) is 17.0 Å². The van der Waals surface area contributed by atoms with Crippen molar-refractivity contribution >= 4 is 21.4 Å². The Labute approximate surface area is 151 Å². The van der Waals surface area contributed by atoms with E-state index in [-0.39, 0.29) is 17.0 Å². The van der Waals surface area contributed by atoms with E-state index < -0.39 is 15.8 Å². The third-order valence-corrected chi connectivity index (χ3v) is 6.92. The molecular formula is C17H22FN2O3S2+. The van der Waals surface area contributed by atoms with Gasteiger partial charge in [0.25, 0.3) is 0 Å². The van der Waals surface area contributed by atoms with Crippen LogP contribution in [0.1, 0.15) is 17.8 Å². The second-order valence-electron chi connectivity index (χ2n) is 6.13. The summed E-state index contributed by atoms with van der Waals surface area (Å²) in [6.07, 6.45) is 0. The van der Waals surface area contributed by atoms with Gasteiger partial charge >= 0.3 is 0 Å². The van der Waals surface area contributed by atoms with Crippen LogP contribution in [0.2, 0.25) is 0 Å². The molecule has 0 amide bonds. The molecule has 2 heterocycles. The third-order valence-electron chi connectivity index (χ3n) is 4.39. The Kier molecular flexibility index (Phi) is 5.85. The molecule has 2 N–H and O–H groups in total. The topological polar surface area (TPSA) is 59.8 Å². The molecule has 1 aromatic heterocycles. The lowest BCUT2D eigenvalue weighted by molar-refractivity contribution is -0.939. The van der Waals surface area contributed by atoms with Crippen LogP contribution < -0.4 is 9.62 Å². The standard InChI is InChI=1S/C17H21FN2O3S2/c1-13(19-25(21,22)15-6-4-14(18)5-7-15)17(16-3-2-12-24-16)20-8-10-23-11-9-20/h2-7,12-13,17,19H,8-11H2,1H3/p+1/t13-,17+/m0/s1. The molecule has 8 heteroatoms. The quantitative estimate of drug-likeness (QED) is 0.786. The van der Waals surface area contributed by atoms with Gasteiger partial charge in [-0.15, -0.1) is 11.3 Å². The first-order valence-electron chi connectivity index (χ1n) is 8.21. The van der Waals surface area contributed by atoms with Crippen molar-refractivity contribution in [3.05, 3.63) is 52.5 Å². The summed E-state index contributed by atoms with van der Waals surface area (Å²) in [7, 11) is -3.71. The van der Waals surface area contributed by atoms with Crippen molar-refractivity contribution < 1.29 is 22.4 Å². The summed E-state index contributed by atoms with van der Waals surface area (Å²) >= 11 is 1.63. The van der Waals surface area contributed by atoms with Crippen molar-refractivity contribution in [1.29, 1.82) is 0 Å². The monoisotopic (exact) mass is 385 g/mol. The summed E-state index contributed by atoms with van der Waals surface area (Å²) in [4.78, 5) is 2.52. The normalized spacial score (nSPS) is 18.8. The van der Waals surface area contributed by atoms with E-state index in [1.54, 1.807) is 11.3 Å². The molecule has 0 aliphatic carbocycles. The second kappa shape index (κ2) is 7.92. The zero-order valence-electron chi connectivity index (χ0n) is 13.9. The number of halogens is 1. The van der Waals surface area contributed by atoms with E-state index in [1.807, 2.05) is 24.4 Å². The lowest BCUT2D eigenvalue weighted by Gasteiger charge is -2.34. The summed E-state index contributed by atoms with van der Waals surface area (Å²) in [6, 6.07) is 8.61. The van der Waals surface area contributed by atoms with Gasteiger partial charge in [-0.2, -0.15) is 0 Å². The number of hydrogen-bond donors (Lipinski definition) is 2. The highest BCUT2D eigenvalue weighted by molar-refractivity contribution is 7.89. The fraction of sp³-hybridized carbons (Fsp3) is 0.412. The smallest absolute Gasteiger partial charge is 0.241 e. The molecular weight excluding hydrogens is 363 g/mol. The molecule has 2 aromatic rings. The van der Waals surface area contributed by atoms with Crippen LogP contribution in [0.4, 0.5) is 4.39 Å².